The predicted molar refractivity (Wildman–Crippen MR) is 92.3 cm³/mol. The zero-order valence-corrected chi connectivity index (χ0v) is 15.1. The number of fused-ring (bicyclic) bond motifs is 1. The van der Waals surface area contributed by atoms with Crippen LogP contribution < -0.4 is 11.2 Å². The van der Waals surface area contributed by atoms with Gasteiger partial charge in [0.25, 0.3) is 5.56 Å². The van der Waals surface area contributed by atoms with E-state index in [1.807, 2.05) is 20.8 Å². The average Bonchev–Trinajstić information content (AvgIpc) is 2.49. The number of ether oxygens (including phenoxy) is 1. The molecule has 0 atom stereocenters. The minimum absolute atomic E-state index is 0.0362. The Balaban J connectivity index is 2.44. The number of aromatic nitrogens is 2. The van der Waals surface area contributed by atoms with Gasteiger partial charge in [-0.1, -0.05) is 6.92 Å². The standard InChI is InChI=1S/C16H22N2O5S/c1-5-16(2,3)23-9-8-18-14(19)12-10-11(24(4,21)22)6-7-13(12)17-15(18)20/h6-7,10H,5,8-9H2,1-4H3,(H,17,20). The van der Waals surface area contributed by atoms with Crippen LogP contribution in [0.1, 0.15) is 27.2 Å². The second-order valence-corrected chi connectivity index (χ2v) is 8.34. The molecule has 0 aliphatic heterocycles. The molecule has 0 bridgehead atoms. The fourth-order valence-corrected chi connectivity index (χ4v) is 2.83. The Morgan fingerprint density at radius 3 is 2.50 bits per heavy atom. The van der Waals surface area contributed by atoms with E-state index in [4.69, 9.17) is 4.74 Å². The average molecular weight is 354 g/mol. The lowest BCUT2D eigenvalue weighted by atomic mass is 10.1. The van der Waals surface area contributed by atoms with Gasteiger partial charge in [0.15, 0.2) is 9.84 Å². The summed E-state index contributed by atoms with van der Waals surface area (Å²) in [4.78, 5) is 27.3. The fourth-order valence-electron chi connectivity index (χ4n) is 2.18. The van der Waals surface area contributed by atoms with Gasteiger partial charge >= 0.3 is 5.69 Å². The molecule has 0 fully saturated rings. The third kappa shape index (κ3) is 3.93. The second-order valence-electron chi connectivity index (χ2n) is 6.33. The van der Waals surface area contributed by atoms with Gasteiger partial charge in [-0.05, 0) is 38.5 Å². The molecular weight excluding hydrogens is 332 g/mol. The van der Waals surface area contributed by atoms with Crippen molar-refractivity contribution in [2.24, 2.45) is 0 Å². The van der Waals surface area contributed by atoms with E-state index in [0.29, 0.717) is 5.52 Å². The molecule has 0 saturated carbocycles. The Morgan fingerprint density at radius 1 is 1.25 bits per heavy atom. The van der Waals surface area contributed by atoms with Crippen LogP contribution in [0.5, 0.6) is 0 Å². The molecule has 0 radical (unpaired) electrons. The van der Waals surface area contributed by atoms with Crippen LogP contribution in [-0.2, 0) is 21.1 Å². The molecule has 8 heteroatoms. The van der Waals surface area contributed by atoms with E-state index in [1.54, 1.807) is 0 Å². The van der Waals surface area contributed by atoms with Gasteiger partial charge in [0.2, 0.25) is 0 Å². The molecule has 2 rings (SSSR count). The maximum absolute atomic E-state index is 12.5. The first kappa shape index (κ1) is 18.4. The number of rotatable bonds is 6. The molecule has 0 aliphatic carbocycles. The smallest absolute Gasteiger partial charge is 0.328 e. The molecule has 7 nitrogen and oxygen atoms in total. The van der Waals surface area contributed by atoms with Crippen molar-refractivity contribution in [1.29, 1.82) is 0 Å². The summed E-state index contributed by atoms with van der Waals surface area (Å²) < 4.78 is 30.0. The number of benzene rings is 1. The molecule has 0 unspecified atom stereocenters. The van der Waals surface area contributed by atoms with E-state index in [0.717, 1.165) is 17.2 Å². The van der Waals surface area contributed by atoms with Gasteiger partial charge in [-0.25, -0.2) is 13.2 Å². The minimum Gasteiger partial charge on any atom is -0.374 e. The summed E-state index contributed by atoms with van der Waals surface area (Å²) in [6.07, 6.45) is 1.87. The number of hydrogen-bond acceptors (Lipinski definition) is 5. The van der Waals surface area contributed by atoms with Crippen LogP contribution in [0.25, 0.3) is 10.9 Å². The van der Waals surface area contributed by atoms with E-state index >= 15 is 0 Å². The van der Waals surface area contributed by atoms with Crippen molar-refractivity contribution in [1.82, 2.24) is 9.55 Å². The Morgan fingerprint density at radius 2 is 1.92 bits per heavy atom. The van der Waals surface area contributed by atoms with Crippen LogP contribution in [0, 0.1) is 0 Å². The van der Waals surface area contributed by atoms with Crippen LogP contribution in [0.4, 0.5) is 0 Å². The lowest BCUT2D eigenvalue weighted by molar-refractivity contribution is -0.0241. The molecule has 1 aromatic heterocycles. The maximum Gasteiger partial charge on any atom is 0.328 e. The molecule has 0 saturated heterocycles. The van der Waals surface area contributed by atoms with Crippen LogP contribution in [0.2, 0.25) is 0 Å². The highest BCUT2D eigenvalue weighted by Crippen LogP contribution is 2.15. The lowest BCUT2D eigenvalue weighted by Gasteiger charge is -2.23. The van der Waals surface area contributed by atoms with Crippen molar-refractivity contribution in [2.75, 3.05) is 12.9 Å². The second kappa shape index (κ2) is 6.52. The zero-order chi connectivity index (χ0) is 18.1. The van der Waals surface area contributed by atoms with Crippen molar-refractivity contribution in [3.63, 3.8) is 0 Å². The summed E-state index contributed by atoms with van der Waals surface area (Å²) in [5.41, 5.74) is -1.10. The number of aromatic amines is 1. The molecular formula is C16H22N2O5S. The van der Waals surface area contributed by atoms with Gasteiger partial charge in [-0.15, -0.1) is 0 Å². The van der Waals surface area contributed by atoms with Crippen LogP contribution in [-0.4, -0.2) is 36.4 Å². The molecule has 132 valence electrons. The van der Waals surface area contributed by atoms with Crippen molar-refractivity contribution in [3.05, 3.63) is 39.0 Å². The Bertz CT molecular complexity index is 970. The SMILES string of the molecule is CCC(C)(C)OCCn1c(=O)[nH]c2ccc(S(C)(=O)=O)cc2c1=O. The van der Waals surface area contributed by atoms with Crippen molar-refractivity contribution in [2.45, 2.75) is 44.2 Å². The first-order valence-corrected chi connectivity index (χ1v) is 9.55. The highest BCUT2D eigenvalue weighted by molar-refractivity contribution is 7.90. The summed E-state index contributed by atoms with van der Waals surface area (Å²) in [6, 6.07) is 4.08. The molecule has 1 N–H and O–H groups in total. The van der Waals surface area contributed by atoms with Crippen LogP contribution >= 0.6 is 0 Å². The normalized spacial score (nSPS) is 12.7. The first-order chi connectivity index (χ1) is 11.0. The van der Waals surface area contributed by atoms with Gasteiger partial charge < -0.3 is 9.72 Å². The number of H-pyrrole nitrogens is 1. The van der Waals surface area contributed by atoms with Gasteiger partial charge in [0, 0.05) is 6.26 Å². The first-order valence-electron chi connectivity index (χ1n) is 7.66. The topological polar surface area (TPSA) is 98.2 Å². The molecule has 0 spiro atoms. The number of sulfone groups is 1. The minimum atomic E-state index is -3.44. The predicted octanol–water partition coefficient (Wildman–Crippen LogP) is 1.30. The molecule has 24 heavy (non-hydrogen) atoms. The van der Waals surface area contributed by atoms with E-state index in [2.05, 4.69) is 4.98 Å². The zero-order valence-electron chi connectivity index (χ0n) is 14.3. The molecule has 1 heterocycles. The number of nitrogens with one attached hydrogen (secondary N) is 1. The maximum atomic E-state index is 12.5. The summed E-state index contributed by atoms with van der Waals surface area (Å²) in [5, 5.41) is 0.160. The van der Waals surface area contributed by atoms with Gasteiger partial charge in [0.05, 0.1) is 34.6 Å². The van der Waals surface area contributed by atoms with Crippen LogP contribution in [0.15, 0.2) is 32.7 Å². The number of nitrogens with zero attached hydrogens (tertiary/aromatic N) is 1. The monoisotopic (exact) mass is 354 g/mol. The highest BCUT2D eigenvalue weighted by Gasteiger charge is 2.16. The van der Waals surface area contributed by atoms with Crippen molar-refractivity contribution in [3.8, 4) is 0 Å². The van der Waals surface area contributed by atoms with Gasteiger partial charge in [-0.3, -0.25) is 9.36 Å². The fraction of sp³-hybridized carbons (Fsp3) is 0.500. The van der Waals surface area contributed by atoms with Gasteiger partial charge in [0.1, 0.15) is 0 Å². The van der Waals surface area contributed by atoms with E-state index in [1.165, 1.54) is 18.2 Å². The quantitative estimate of drug-likeness (QED) is 0.843. The summed E-state index contributed by atoms with van der Waals surface area (Å²) >= 11 is 0. The van der Waals surface area contributed by atoms with E-state index in [-0.39, 0.29) is 29.0 Å². The van der Waals surface area contributed by atoms with Crippen LogP contribution in [0.3, 0.4) is 0 Å². The van der Waals surface area contributed by atoms with E-state index in [9.17, 15) is 18.0 Å². The summed E-state index contributed by atoms with van der Waals surface area (Å²) in [5.74, 6) is 0. The Labute approximate surface area is 140 Å². The molecule has 0 amide bonds. The van der Waals surface area contributed by atoms with E-state index < -0.39 is 21.1 Å². The highest BCUT2D eigenvalue weighted by atomic mass is 32.2. The molecule has 2 aromatic rings. The molecule has 0 aliphatic rings. The van der Waals surface area contributed by atoms with Gasteiger partial charge in [-0.2, -0.15) is 0 Å². The van der Waals surface area contributed by atoms with Crippen molar-refractivity contribution < 1.29 is 13.2 Å². The third-order valence-electron chi connectivity index (χ3n) is 4.04. The Kier molecular flexibility index (Phi) is 5.00. The summed E-state index contributed by atoms with van der Waals surface area (Å²) in [7, 11) is -3.44. The Hall–Kier alpha value is -1.93. The third-order valence-corrected chi connectivity index (χ3v) is 5.15. The summed E-state index contributed by atoms with van der Waals surface area (Å²) in [6.45, 7) is 6.15. The van der Waals surface area contributed by atoms with Crippen molar-refractivity contribution >= 4 is 20.7 Å². The lowest BCUT2D eigenvalue weighted by Crippen LogP contribution is -2.37. The molecule has 1 aromatic carbocycles. The number of hydrogen-bond donors (Lipinski definition) is 1. The largest absolute Gasteiger partial charge is 0.374 e.